The van der Waals surface area contributed by atoms with Gasteiger partial charge in [-0.3, -0.25) is 9.59 Å². The molecule has 0 aromatic heterocycles. The zero-order valence-corrected chi connectivity index (χ0v) is 12.4. The van der Waals surface area contributed by atoms with Crippen molar-refractivity contribution in [3.05, 3.63) is 60.2 Å². The van der Waals surface area contributed by atoms with Gasteiger partial charge in [-0.2, -0.15) is 0 Å². The lowest BCUT2D eigenvalue weighted by Crippen LogP contribution is -2.38. The van der Waals surface area contributed by atoms with E-state index in [1.807, 2.05) is 0 Å². The minimum Gasteiger partial charge on any atom is -0.307 e. The van der Waals surface area contributed by atoms with Crippen molar-refractivity contribution in [2.24, 2.45) is 0 Å². The van der Waals surface area contributed by atoms with Crippen LogP contribution in [-0.4, -0.2) is 17.7 Å². The van der Waals surface area contributed by atoms with E-state index in [0.717, 1.165) is 4.90 Å². The molecule has 5 heteroatoms. The first-order valence-corrected chi connectivity index (χ1v) is 6.77. The van der Waals surface area contributed by atoms with Gasteiger partial charge in [0.25, 0.3) is 0 Å². The molecule has 0 radical (unpaired) electrons. The fourth-order valence-corrected chi connectivity index (χ4v) is 1.99. The fourth-order valence-electron chi connectivity index (χ4n) is 1.99. The summed E-state index contributed by atoms with van der Waals surface area (Å²) in [4.78, 5) is 36.3. The summed E-state index contributed by atoms with van der Waals surface area (Å²) < 4.78 is 0. The van der Waals surface area contributed by atoms with Crippen molar-refractivity contribution in [3.8, 4) is 0 Å². The minimum atomic E-state index is -0.547. The van der Waals surface area contributed by atoms with Gasteiger partial charge in [0.15, 0.2) is 5.78 Å². The number of benzene rings is 2. The summed E-state index contributed by atoms with van der Waals surface area (Å²) in [5, 5.41) is 2.64. The number of para-hydroxylation sites is 1. The van der Waals surface area contributed by atoms with Gasteiger partial charge in [-0.05, 0) is 43.3 Å². The average molecular weight is 296 g/mol. The van der Waals surface area contributed by atoms with Gasteiger partial charge in [0.05, 0.1) is 5.69 Å². The summed E-state index contributed by atoms with van der Waals surface area (Å²) in [7, 11) is 0. The van der Waals surface area contributed by atoms with Crippen molar-refractivity contribution in [1.29, 1.82) is 0 Å². The Balaban J connectivity index is 2.18. The lowest BCUT2D eigenvalue weighted by Gasteiger charge is -2.19. The monoisotopic (exact) mass is 296 g/mol. The van der Waals surface area contributed by atoms with Gasteiger partial charge in [0, 0.05) is 18.2 Å². The lowest BCUT2D eigenvalue weighted by molar-refractivity contribution is -0.115. The van der Waals surface area contributed by atoms with Crippen LogP contribution in [0.1, 0.15) is 24.2 Å². The molecule has 2 aromatic carbocycles. The first kappa shape index (κ1) is 15.4. The zero-order chi connectivity index (χ0) is 16.1. The second kappa shape index (κ2) is 6.67. The van der Waals surface area contributed by atoms with E-state index in [-0.39, 0.29) is 11.7 Å². The summed E-state index contributed by atoms with van der Waals surface area (Å²) in [6.07, 6.45) is 0. The predicted octanol–water partition coefficient (Wildman–Crippen LogP) is 3.47. The molecule has 0 unspecified atom stereocenters. The maximum atomic E-state index is 12.3. The molecule has 0 heterocycles. The molecule has 0 aliphatic heterocycles. The number of Topliss-reactive ketones (excluding diaryl/α,β-unsaturated/α-hetero) is 1. The van der Waals surface area contributed by atoms with Crippen molar-refractivity contribution < 1.29 is 14.4 Å². The first-order valence-electron chi connectivity index (χ1n) is 6.77. The number of carbonyl (C=O) groups excluding carboxylic acids is 3. The van der Waals surface area contributed by atoms with Gasteiger partial charge in [-0.1, -0.05) is 18.2 Å². The maximum Gasteiger partial charge on any atom is 0.333 e. The van der Waals surface area contributed by atoms with Crippen LogP contribution >= 0.6 is 0 Å². The molecular formula is C17H16N2O3. The number of hydrogen-bond donors (Lipinski definition) is 1. The van der Waals surface area contributed by atoms with E-state index >= 15 is 0 Å². The average Bonchev–Trinajstić information content (AvgIpc) is 2.48. The molecule has 0 aliphatic rings. The molecule has 5 nitrogen and oxygen atoms in total. The number of nitrogens with zero attached hydrogens (tertiary/aromatic N) is 1. The number of imide groups is 1. The molecule has 0 fully saturated rings. The summed E-state index contributed by atoms with van der Waals surface area (Å²) >= 11 is 0. The minimum absolute atomic E-state index is 0.0486. The molecule has 0 bridgehead atoms. The SMILES string of the molecule is CC(=O)c1ccc(NC(=O)N(C(C)=O)c2ccccc2)cc1. The Bertz CT molecular complexity index is 694. The Morgan fingerprint density at radius 1 is 0.864 bits per heavy atom. The number of urea groups is 1. The van der Waals surface area contributed by atoms with Crippen molar-refractivity contribution >= 4 is 29.1 Å². The first-order chi connectivity index (χ1) is 10.5. The van der Waals surface area contributed by atoms with Crippen molar-refractivity contribution in [3.63, 3.8) is 0 Å². The van der Waals surface area contributed by atoms with Crippen molar-refractivity contribution in [2.75, 3.05) is 10.2 Å². The number of nitrogens with one attached hydrogen (secondary N) is 1. The summed E-state index contributed by atoms with van der Waals surface area (Å²) in [6, 6.07) is 14.6. The van der Waals surface area contributed by atoms with E-state index in [2.05, 4.69) is 5.32 Å². The van der Waals surface area contributed by atoms with Crippen molar-refractivity contribution in [2.45, 2.75) is 13.8 Å². The van der Waals surface area contributed by atoms with Gasteiger partial charge < -0.3 is 5.32 Å². The Kier molecular flexibility index (Phi) is 4.68. The largest absolute Gasteiger partial charge is 0.333 e. The molecule has 2 aromatic rings. The molecule has 0 aliphatic carbocycles. The third kappa shape index (κ3) is 3.58. The number of carbonyl (C=O) groups is 3. The fraction of sp³-hybridized carbons (Fsp3) is 0.118. The van der Waals surface area contributed by atoms with Crippen LogP contribution in [0.4, 0.5) is 16.2 Å². The molecule has 0 spiro atoms. The molecule has 22 heavy (non-hydrogen) atoms. The summed E-state index contributed by atoms with van der Waals surface area (Å²) in [6.45, 7) is 2.80. The highest BCUT2D eigenvalue weighted by atomic mass is 16.2. The number of ketones is 1. The van der Waals surface area contributed by atoms with E-state index < -0.39 is 6.03 Å². The molecule has 112 valence electrons. The van der Waals surface area contributed by atoms with Crippen LogP contribution in [0.15, 0.2) is 54.6 Å². The summed E-state index contributed by atoms with van der Waals surface area (Å²) in [5.41, 5.74) is 1.56. The van der Waals surface area contributed by atoms with Crippen LogP contribution in [0, 0.1) is 0 Å². The van der Waals surface area contributed by atoms with Gasteiger partial charge in [-0.25, -0.2) is 9.69 Å². The Labute approximate surface area is 128 Å². The van der Waals surface area contributed by atoms with E-state index in [1.54, 1.807) is 54.6 Å². The molecule has 0 saturated carbocycles. The second-order valence-electron chi connectivity index (χ2n) is 4.75. The Hall–Kier alpha value is -2.95. The molecule has 2 rings (SSSR count). The highest BCUT2D eigenvalue weighted by molar-refractivity contribution is 6.17. The van der Waals surface area contributed by atoms with E-state index in [1.165, 1.54) is 13.8 Å². The summed E-state index contributed by atoms with van der Waals surface area (Å²) in [5.74, 6) is -0.434. The predicted molar refractivity (Wildman–Crippen MR) is 85.1 cm³/mol. The highest BCUT2D eigenvalue weighted by Crippen LogP contribution is 2.16. The number of anilines is 2. The van der Waals surface area contributed by atoms with E-state index in [4.69, 9.17) is 0 Å². The number of rotatable bonds is 3. The Morgan fingerprint density at radius 2 is 1.45 bits per heavy atom. The number of hydrogen-bond acceptors (Lipinski definition) is 3. The van der Waals surface area contributed by atoms with Gasteiger partial charge >= 0.3 is 6.03 Å². The molecule has 3 amide bonds. The Morgan fingerprint density at radius 3 is 1.95 bits per heavy atom. The van der Waals surface area contributed by atoms with Crippen LogP contribution < -0.4 is 10.2 Å². The normalized spacial score (nSPS) is 9.91. The van der Waals surface area contributed by atoms with Crippen LogP contribution in [0.3, 0.4) is 0 Å². The van der Waals surface area contributed by atoms with Crippen LogP contribution in [0.5, 0.6) is 0 Å². The van der Waals surface area contributed by atoms with Gasteiger partial charge in [-0.15, -0.1) is 0 Å². The zero-order valence-electron chi connectivity index (χ0n) is 12.4. The standard InChI is InChI=1S/C17H16N2O3/c1-12(20)14-8-10-15(11-9-14)18-17(22)19(13(2)21)16-6-4-3-5-7-16/h3-11H,1-2H3,(H,18,22). The number of amides is 3. The second-order valence-corrected chi connectivity index (χ2v) is 4.75. The van der Waals surface area contributed by atoms with E-state index in [0.29, 0.717) is 16.9 Å². The van der Waals surface area contributed by atoms with Crippen LogP contribution in [0.25, 0.3) is 0 Å². The van der Waals surface area contributed by atoms with Gasteiger partial charge in [0.1, 0.15) is 0 Å². The smallest absolute Gasteiger partial charge is 0.307 e. The van der Waals surface area contributed by atoms with Crippen molar-refractivity contribution in [1.82, 2.24) is 0 Å². The molecular weight excluding hydrogens is 280 g/mol. The third-order valence-corrected chi connectivity index (χ3v) is 3.08. The quantitative estimate of drug-likeness (QED) is 0.882. The van der Waals surface area contributed by atoms with Crippen LogP contribution in [-0.2, 0) is 4.79 Å². The van der Waals surface area contributed by atoms with Crippen LogP contribution in [0.2, 0.25) is 0 Å². The third-order valence-electron chi connectivity index (χ3n) is 3.08. The van der Waals surface area contributed by atoms with E-state index in [9.17, 15) is 14.4 Å². The molecule has 0 saturated heterocycles. The molecule has 1 N–H and O–H groups in total. The topological polar surface area (TPSA) is 66.5 Å². The van der Waals surface area contributed by atoms with Gasteiger partial charge in [0.2, 0.25) is 5.91 Å². The highest BCUT2D eigenvalue weighted by Gasteiger charge is 2.19. The maximum absolute atomic E-state index is 12.3. The lowest BCUT2D eigenvalue weighted by atomic mass is 10.1. The molecule has 0 atom stereocenters.